The number of hydrogen-bond donors (Lipinski definition) is 3. The number of nitrogens with two attached hydrogens (primary N) is 1. The second kappa shape index (κ2) is 6.87. The van der Waals surface area contributed by atoms with Gasteiger partial charge in [0.2, 0.25) is 0 Å². The number of rotatable bonds is 8. The van der Waals surface area contributed by atoms with E-state index in [4.69, 9.17) is 10.6 Å². The molecule has 1 heterocycles. The Hall–Kier alpha value is -1.66. The van der Waals surface area contributed by atoms with Crippen molar-refractivity contribution < 1.29 is 9.53 Å². The summed E-state index contributed by atoms with van der Waals surface area (Å²) in [6.07, 6.45) is 4.06. The van der Waals surface area contributed by atoms with Gasteiger partial charge in [-0.15, -0.1) is 0 Å². The number of amides is 1. The molecule has 6 heteroatoms. The Kier molecular flexibility index (Phi) is 5.14. The zero-order chi connectivity index (χ0) is 15.3. The third-order valence-electron chi connectivity index (χ3n) is 4.07. The second-order valence-corrected chi connectivity index (χ2v) is 5.66. The molecule has 0 saturated heterocycles. The van der Waals surface area contributed by atoms with Crippen LogP contribution < -0.4 is 16.6 Å². The van der Waals surface area contributed by atoms with Crippen molar-refractivity contribution in [2.75, 3.05) is 25.7 Å². The molecule has 21 heavy (non-hydrogen) atoms. The lowest BCUT2D eigenvalue weighted by Crippen LogP contribution is -2.31. The second-order valence-electron chi connectivity index (χ2n) is 5.66. The van der Waals surface area contributed by atoms with Crippen LogP contribution in [0.1, 0.15) is 42.2 Å². The Labute approximate surface area is 125 Å². The summed E-state index contributed by atoms with van der Waals surface area (Å²) in [7, 11) is 1.71. The van der Waals surface area contributed by atoms with E-state index < -0.39 is 0 Å². The number of nitrogens with zero attached hydrogens (tertiary/aromatic N) is 1. The first-order valence-corrected chi connectivity index (χ1v) is 7.37. The van der Waals surface area contributed by atoms with Crippen LogP contribution in [0.15, 0.2) is 12.1 Å². The minimum absolute atomic E-state index is 0.0766. The third-order valence-corrected chi connectivity index (χ3v) is 4.07. The van der Waals surface area contributed by atoms with Gasteiger partial charge in [-0.3, -0.25) is 4.79 Å². The number of anilines is 1. The van der Waals surface area contributed by atoms with Crippen molar-refractivity contribution in [3.8, 4) is 0 Å². The molecule has 0 aliphatic heterocycles. The molecular weight excluding hydrogens is 268 g/mol. The summed E-state index contributed by atoms with van der Waals surface area (Å²) in [4.78, 5) is 16.6. The summed E-state index contributed by atoms with van der Waals surface area (Å²) in [5, 5.41) is 3.02. The molecule has 0 radical (unpaired) electrons. The fourth-order valence-electron chi connectivity index (χ4n) is 2.35. The van der Waals surface area contributed by atoms with E-state index in [9.17, 15) is 4.79 Å². The molecule has 1 aromatic heterocycles. The van der Waals surface area contributed by atoms with Crippen LogP contribution in [0.25, 0.3) is 0 Å². The maximum Gasteiger partial charge on any atom is 0.251 e. The number of nitrogens with one attached hydrogen (secondary N) is 2. The number of nitrogen functional groups attached to an aromatic ring is 1. The zero-order valence-electron chi connectivity index (χ0n) is 12.7. The van der Waals surface area contributed by atoms with Gasteiger partial charge in [-0.25, -0.2) is 10.8 Å². The van der Waals surface area contributed by atoms with E-state index in [1.165, 1.54) is 0 Å². The molecule has 0 spiro atoms. The molecule has 4 N–H and O–H groups in total. The normalized spacial score (nSPS) is 15.6. The van der Waals surface area contributed by atoms with Crippen LogP contribution in [0.5, 0.6) is 0 Å². The van der Waals surface area contributed by atoms with Crippen LogP contribution in [0.2, 0.25) is 0 Å². The molecule has 1 aliphatic rings. The van der Waals surface area contributed by atoms with Crippen molar-refractivity contribution in [3.63, 3.8) is 0 Å². The van der Waals surface area contributed by atoms with E-state index in [0.29, 0.717) is 17.9 Å². The molecule has 1 aromatic rings. The topological polar surface area (TPSA) is 89.3 Å². The van der Waals surface area contributed by atoms with Gasteiger partial charge in [-0.2, -0.15) is 0 Å². The Morgan fingerprint density at radius 2 is 2.24 bits per heavy atom. The predicted octanol–water partition coefficient (Wildman–Crippen LogP) is 1.48. The summed E-state index contributed by atoms with van der Waals surface area (Å²) in [5.74, 6) is 5.83. The van der Waals surface area contributed by atoms with E-state index >= 15 is 0 Å². The lowest BCUT2D eigenvalue weighted by Gasteiger charge is -2.16. The molecule has 0 unspecified atom stereocenters. The van der Waals surface area contributed by atoms with Gasteiger partial charge in [0, 0.05) is 31.5 Å². The highest BCUT2D eigenvalue weighted by atomic mass is 16.5. The monoisotopic (exact) mass is 292 g/mol. The van der Waals surface area contributed by atoms with Crippen molar-refractivity contribution in [1.29, 1.82) is 0 Å². The molecule has 1 fully saturated rings. The summed E-state index contributed by atoms with van der Waals surface area (Å²) < 4.78 is 5.13. The van der Waals surface area contributed by atoms with E-state index in [1.807, 2.05) is 13.0 Å². The number of methoxy groups -OCH3 is 1. The molecule has 0 aromatic carbocycles. The summed E-state index contributed by atoms with van der Waals surface area (Å²) >= 11 is 0. The highest BCUT2D eigenvalue weighted by Gasteiger charge is 2.42. The van der Waals surface area contributed by atoms with Gasteiger partial charge in [0.05, 0.1) is 0 Å². The first kappa shape index (κ1) is 15.7. The Morgan fingerprint density at radius 1 is 1.48 bits per heavy atom. The molecule has 2 rings (SSSR count). The fraction of sp³-hybridized carbons (Fsp3) is 0.600. The van der Waals surface area contributed by atoms with E-state index in [0.717, 1.165) is 38.0 Å². The lowest BCUT2D eigenvalue weighted by molar-refractivity contribution is 0.0937. The number of carbonyl (C=O) groups excluding carboxylic acids is 1. The maximum atomic E-state index is 12.3. The molecule has 1 aliphatic carbocycles. The van der Waals surface area contributed by atoms with Gasteiger partial charge in [0.15, 0.2) is 0 Å². The number of pyridine rings is 1. The van der Waals surface area contributed by atoms with Gasteiger partial charge in [-0.1, -0.05) is 6.92 Å². The molecule has 1 saturated carbocycles. The fourth-order valence-corrected chi connectivity index (χ4v) is 2.35. The van der Waals surface area contributed by atoms with E-state index in [1.54, 1.807) is 13.2 Å². The van der Waals surface area contributed by atoms with Gasteiger partial charge >= 0.3 is 0 Å². The molecule has 116 valence electrons. The van der Waals surface area contributed by atoms with Crippen molar-refractivity contribution in [2.45, 2.75) is 32.6 Å². The molecule has 1 amide bonds. The Bertz CT molecular complexity index is 478. The van der Waals surface area contributed by atoms with Crippen molar-refractivity contribution >= 4 is 11.7 Å². The number of ether oxygens (including phenoxy) is 1. The Morgan fingerprint density at radius 3 is 2.81 bits per heavy atom. The first-order valence-electron chi connectivity index (χ1n) is 7.37. The van der Waals surface area contributed by atoms with Crippen LogP contribution in [-0.2, 0) is 11.2 Å². The molecule has 0 atom stereocenters. The number of aryl methyl sites for hydroxylation is 1. The number of aromatic nitrogens is 1. The largest absolute Gasteiger partial charge is 0.385 e. The van der Waals surface area contributed by atoms with Crippen molar-refractivity contribution in [3.05, 3.63) is 23.4 Å². The van der Waals surface area contributed by atoms with Crippen LogP contribution in [0, 0.1) is 5.41 Å². The average Bonchev–Trinajstić information content (AvgIpc) is 3.30. The van der Waals surface area contributed by atoms with Crippen LogP contribution in [0.3, 0.4) is 0 Å². The van der Waals surface area contributed by atoms with Crippen LogP contribution in [-0.4, -0.2) is 31.2 Å². The van der Waals surface area contributed by atoms with Gasteiger partial charge in [0.1, 0.15) is 5.82 Å². The highest BCUT2D eigenvalue weighted by Crippen LogP contribution is 2.48. The van der Waals surface area contributed by atoms with Crippen molar-refractivity contribution in [2.24, 2.45) is 11.3 Å². The lowest BCUT2D eigenvalue weighted by atomic mass is 10.0. The van der Waals surface area contributed by atoms with E-state index in [-0.39, 0.29) is 11.3 Å². The summed E-state index contributed by atoms with van der Waals surface area (Å²) in [6, 6.07) is 3.48. The minimum Gasteiger partial charge on any atom is -0.385 e. The highest BCUT2D eigenvalue weighted by molar-refractivity contribution is 5.95. The van der Waals surface area contributed by atoms with Gasteiger partial charge in [-0.05, 0) is 43.2 Å². The summed E-state index contributed by atoms with van der Waals surface area (Å²) in [5.41, 5.74) is 4.18. The SMILES string of the molecule is CCc1cc(C(=O)NCC2(CCOC)CC2)cc(NN)n1. The zero-order valence-corrected chi connectivity index (χ0v) is 12.7. The summed E-state index contributed by atoms with van der Waals surface area (Å²) in [6.45, 7) is 3.44. The predicted molar refractivity (Wildman–Crippen MR) is 81.9 cm³/mol. The van der Waals surface area contributed by atoms with Gasteiger partial charge in [0.25, 0.3) is 5.91 Å². The van der Waals surface area contributed by atoms with Gasteiger partial charge < -0.3 is 15.5 Å². The standard InChI is InChI=1S/C15H24N4O2/c1-3-12-8-11(9-13(18-12)19-16)14(20)17-10-15(4-5-15)6-7-21-2/h8-9H,3-7,10,16H2,1-2H3,(H,17,20)(H,18,19). The average molecular weight is 292 g/mol. The smallest absolute Gasteiger partial charge is 0.251 e. The van der Waals surface area contributed by atoms with Crippen LogP contribution in [0.4, 0.5) is 5.82 Å². The quantitative estimate of drug-likeness (QED) is 0.499. The number of carbonyl (C=O) groups is 1. The van der Waals surface area contributed by atoms with E-state index in [2.05, 4.69) is 15.7 Å². The van der Waals surface area contributed by atoms with Crippen molar-refractivity contribution in [1.82, 2.24) is 10.3 Å². The third kappa shape index (κ3) is 4.15. The maximum absolute atomic E-state index is 12.3. The number of hydrazine groups is 1. The van der Waals surface area contributed by atoms with Crippen LogP contribution >= 0.6 is 0 Å². The minimum atomic E-state index is -0.0766. The number of hydrogen-bond acceptors (Lipinski definition) is 5. The molecule has 6 nitrogen and oxygen atoms in total. The Balaban J connectivity index is 1.97. The first-order chi connectivity index (χ1) is 10.1. The molecule has 0 bridgehead atoms. The molecular formula is C15H24N4O2.